The first-order valence-corrected chi connectivity index (χ1v) is 2.84. The second-order valence-corrected chi connectivity index (χ2v) is 1.57. The van der Waals surface area contributed by atoms with Gasteiger partial charge in [-0.15, -0.1) is 0 Å². The van der Waals surface area contributed by atoms with E-state index >= 15 is 0 Å². The van der Waals surface area contributed by atoms with Crippen molar-refractivity contribution >= 4 is 12.0 Å². The Labute approximate surface area is 63.8 Å². The summed E-state index contributed by atoms with van der Waals surface area (Å²) < 4.78 is 4.21. The van der Waals surface area contributed by atoms with Crippen LogP contribution in [0.25, 0.3) is 0 Å². The fourth-order valence-electron chi connectivity index (χ4n) is 0.375. The lowest BCUT2D eigenvalue weighted by atomic mass is 10.6. The largest absolute Gasteiger partial charge is 0.453 e. The highest BCUT2D eigenvalue weighted by atomic mass is 16.6. The van der Waals surface area contributed by atoms with Gasteiger partial charge in [0.25, 0.3) is 5.91 Å². The molecule has 0 unspecified atom stereocenters. The van der Waals surface area contributed by atoms with Crippen LogP contribution in [0.1, 0.15) is 0 Å². The quantitative estimate of drug-likeness (QED) is 0.523. The summed E-state index contributed by atoms with van der Waals surface area (Å²) in [7, 11) is 2.51. The Morgan fingerprint density at radius 2 is 2.00 bits per heavy atom. The number of carbonyl (C=O) groups excluding carboxylic acids is 2. The average molecular weight is 162 g/mol. The fraction of sp³-hybridized carbons (Fsp3) is 0.600. The summed E-state index contributed by atoms with van der Waals surface area (Å²) in [6.07, 6.45) is -0.656. The molecule has 0 heterocycles. The van der Waals surface area contributed by atoms with Gasteiger partial charge < -0.3 is 10.1 Å². The van der Waals surface area contributed by atoms with Gasteiger partial charge in [0.15, 0.2) is 0 Å². The number of hydroxylamine groups is 1. The van der Waals surface area contributed by atoms with E-state index in [0.29, 0.717) is 0 Å². The standard InChI is InChI=1S/C5H10N2O4/c1-10-5(9)6-3-4(8)7-11-2/h3H2,1-2H3,(H,6,9)(H,7,8). The molecule has 0 atom stereocenters. The molecule has 0 aliphatic rings. The van der Waals surface area contributed by atoms with Gasteiger partial charge in [0.2, 0.25) is 0 Å². The number of methoxy groups -OCH3 is 1. The van der Waals surface area contributed by atoms with Gasteiger partial charge in [-0.05, 0) is 0 Å². The Bertz CT molecular complexity index is 147. The van der Waals surface area contributed by atoms with E-state index in [0.717, 1.165) is 0 Å². The van der Waals surface area contributed by atoms with Crippen molar-refractivity contribution in [3.05, 3.63) is 0 Å². The number of hydrogen-bond acceptors (Lipinski definition) is 4. The van der Waals surface area contributed by atoms with Crippen LogP contribution in [0.15, 0.2) is 0 Å². The molecule has 0 fully saturated rings. The van der Waals surface area contributed by atoms with Crippen molar-refractivity contribution in [2.24, 2.45) is 0 Å². The Hall–Kier alpha value is -1.30. The highest BCUT2D eigenvalue weighted by Crippen LogP contribution is 1.70. The summed E-state index contributed by atoms with van der Waals surface area (Å²) in [4.78, 5) is 25.2. The van der Waals surface area contributed by atoms with Crippen molar-refractivity contribution in [2.45, 2.75) is 0 Å². The summed E-state index contributed by atoms with van der Waals surface area (Å²) in [5, 5.41) is 2.16. The maximum absolute atomic E-state index is 10.6. The molecule has 0 aliphatic heterocycles. The molecule has 0 rings (SSSR count). The minimum Gasteiger partial charge on any atom is -0.453 e. The first-order chi connectivity index (χ1) is 5.20. The third-order valence-electron chi connectivity index (χ3n) is 0.795. The lowest BCUT2D eigenvalue weighted by Gasteiger charge is -2.02. The Kier molecular flexibility index (Phi) is 4.83. The molecule has 64 valence electrons. The van der Waals surface area contributed by atoms with Crippen molar-refractivity contribution in [3.63, 3.8) is 0 Å². The van der Waals surface area contributed by atoms with Gasteiger partial charge in [0, 0.05) is 0 Å². The van der Waals surface area contributed by atoms with E-state index in [-0.39, 0.29) is 6.54 Å². The number of rotatable bonds is 3. The Morgan fingerprint density at radius 1 is 1.36 bits per heavy atom. The van der Waals surface area contributed by atoms with E-state index < -0.39 is 12.0 Å². The van der Waals surface area contributed by atoms with Crippen molar-refractivity contribution in [1.29, 1.82) is 0 Å². The van der Waals surface area contributed by atoms with E-state index in [1.54, 1.807) is 0 Å². The number of hydrogen-bond donors (Lipinski definition) is 2. The second kappa shape index (κ2) is 5.48. The zero-order valence-corrected chi connectivity index (χ0v) is 6.34. The number of amides is 2. The Balaban J connectivity index is 3.38. The van der Waals surface area contributed by atoms with Crippen LogP contribution in [0.2, 0.25) is 0 Å². The first-order valence-electron chi connectivity index (χ1n) is 2.84. The number of alkyl carbamates (subject to hydrolysis) is 1. The molecule has 0 aromatic heterocycles. The molecule has 2 amide bonds. The molecule has 2 N–H and O–H groups in total. The van der Waals surface area contributed by atoms with Crippen LogP contribution < -0.4 is 10.8 Å². The third-order valence-corrected chi connectivity index (χ3v) is 0.795. The average Bonchev–Trinajstić information content (AvgIpc) is 2.01. The maximum Gasteiger partial charge on any atom is 0.407 e. The predicted molar refractivity (Wildman–Crippen MR) is 35.6 cm³/mol. The lowest BCUT2D eigenvalue weighted by Crippen LogP contribution is -2.36. The van der Waals surface area contributed by atoms with Crippen LogP contribution in [-0.4, -0.2) is 32.8 Å². The van der Waals surface area contributed by atoms with Gasteiger partial charge in [0.05, 0.1) is 14.2 Å². The van der Waals surface area contributed by atoms with Crippen LogP contribution in [0.5, 0.6) is 0 Å². The number of ether oxygens (including phenoxy) is 1. The summed E-state index contributed by atoms with van der Waals surface area (Å²) >= 11 is 0. The fourth-order valence-corrected chi connectivity index (χ4v) is 0.375. The van der Waals surface area contributed by atoms with E-state index in [9.17, 15) is 9.59 Å². The first kappa shape index (κ1) is 9.70. The third kappa shape index (κ3) is 5.16. The zero-order chi connectivity index (χ0) is 8.69. The van der Waals surface area contributed by atoms with E-state index in [4.69, 9.17) is 0 Å². The van der Waals surface area contributed by atoms with Gasteiger partial charge in [-0.1, -0.05) is 0 Å². The van der Waals surface area contributed by atoms with Crippen LogP contribution in [0.4, 0.5) is 4.79 Å². The summed E-state index contributed by atoms with van der Waals surface area (Å²) in [5.74, 6) is -0.446. The van der Waals surface area contributed by atoms with Crippen molar-refractivity contribution in [1.82, 2.24) is 10.8 Å². The van der Waals surface area contributed by atoms with Crippen molar-refractivity contribution in [3.8, 4) is 0 Å². The highest BCUT2D eigenvalue weighted by molar-refractivity contribution is 5.81. The van der Waals surface area contributed by atoms with Crippen LogP contribution in [-0.2, 0) is 14.4 Å². The second-order valence-electron chi connectivity index (χ2n) is 1.57. The van der Waals surface area contributed by atoms with E-state index in [1.807, 2.05) is 5.48 Å². The molecule has 0 aromatic carbocycles. The Morgan fingerprint density at radius 3 is 2.45 bits per heavy atom. The minimum atomic E-state index is -0.656. The van der Waals surface area contributed by atoms with Crippen LogP contribution >= 0.6 is 0 Å². The van der Waals surface area contributed by atoms with Crippen molar-refractivity contribution < 1.29 is 19.2 Å². The molecule has 0 saturated carbocycles. The molecule has 6 nitrogen and oxygen atoms in total. The van der Waals surface area contributed by atoms with Crippen molar-refractivity contribution in [2.75, 3.05) is 20.8 Å². The van der Waals surface area contributed by atoms with Crippen LogP contribution in [0, 0.1) is 0 Å². The molecular formula is C5H10N2O4. The van der Waals surface area contributed by atoms with Gasteiger partial charge in [-0.2, -0.15) is 0 Å². The lowest BCUT2D eigenvalue weighted by molar-refractivity contribution is -0.130. The minimum absolute atomic E-state index is 0.166. The smallest absolute Gasteiger partial charge is 0.407 e. The summed E-state index contributed by atoms with van der Waals surface area (Å²) in [5.41, 5.74) is 2.02. The van der Waals surface area contributed by atoms with Crippen LogP contribution in [0.3, 0.4) is 0 Å². The molecule has 0 aliphatic carbocycles. The zero-order valence-electron chi connectivity index (χ0n) is 6.34. The molecular weight excluding hydrogens is 152 g/mol. The van der Waals surface area contributed by atoms with Gasteiger partial charge in [0.1, 0.15) is 6.54 Å². The van der Waals surface area contributed by atoms with Gasteiger partial charge in [-0.25, -0.2) is 10.3 Å². The molecule has 6 heteroatoms. The normalized spacial score (nSPS) is 8.55. The SMILES string of the molecule is CONC(=O)CNC(=O)OC. The molecule has 0 radical (unpaired) electrons. The number of nitrogens with one attached hydrogen (secondary N) is 2. The molecule has 0 aromatic rings. The van der Waals surface area contributed by atoms with Gasteiger partial charge >= 0.3 is 6.09 Å². The molecule has 0 saturated heterocycles. The predicted octanol–water partition coefficient (Wildman–Crippen LogP) is -0.980. The summed E-state index contributed by atoms with van der Waals surface area (Å²) in [6.45, 7) is -0.166. The van der Waals surface area contributed by atoms with E-state index in [2.05, 4.69) is 14.9 Å². The number of carbonyl (C=O) groups is 2. The summed E-state index contributed by atoms with van der Waals surface area (Å²) in [6, 6.07) is 0. The van der Waals surface area contributed by atoms with E-state index in [1.165, 1.54) is 14.2 Å². The molecule has 11 heavy (non-hydrogen) atoms. The highest BCUT2D eigenvalue weighted by Gasteiger charge is 2.02. The molecule has 0 spiro atoms. The maximum atomic E-state index is 10.6. The monoisotopic (exact) mass is 162 g/mol. The van der Waals surface area contributed by atoms with Gasteiger partial charge in [-0.3, -0.25) is 9.63 Å². The molecule has 0 bridgehead atoms. The topological polar surface area (TPSA) is 76.7 Å².